The standard InChI is InChI=1S/C15H15FINO/c1-2-19-14-6-4-3-5-12(14)15(18)11-8-7-10(16)9-13(11)17/h3-9,15H,2,18H2,1H3. The lowest BCUT2D eigenvalue weighted by Gasteiger charge is -2.18. The van der Waals surface area contributed by atoms with Crippen molar-refractivity contribution in [2.24, 2.45) is 5.73 Å². The summed E-state index contributed by atoms with van der Waals surface area (Å²) in [6, 6.07) is 12.0. The topological polar surface area (TPSA) is 35.2 Å². The Balaban J connectivity index is 2.41. The highest BCUT2D eigenvalue weighted by Crippen LogP contribution is 2.30. The molecule has 2 N–H and O–H groups in total. The molecule has 0 bridgehead atoms. The molecule has 2 rings (SSSR count). The van der Waals surface area contributed by atoms with E-state index >= 15 is 0 Å². The number of nitrogens with two attached hydrogens (primary N) is 1. The Bertz CT molecular complexity index is 574. The van der Waals surface area contributed by atoms with E-state index in [2.05, 4.69) is 22.6 Å². The van der Waals surface area contributed by atoms with E-state index < -0.39 is 0 Å². The normalized spacial score (nSPS) is 12.2. The summed E-state index contributed by atoms with van der Waals surface area (Å²) in [4.78, 5) is 0. The minimum absolute atomic E-state index is 0.251. The zero-order valence-electron chi connectivity index (χ0n) is 10.6. The molecule has 0 heterocycles. The van der Waals surface area contributed by atoms with Crippen LogP contribution in [-0.4, -0.2) is 6.61 Å². The number of hydrogen-bond acceptors (Lipinski definition) is 2. The summed E-state index contributed by atoms with van der Waals surface area (Å²) in [6.45, 7) is 2.52. The van der Waals surface area contributed by atoms with Gasteiger partial charge in [-0.3, -0.25) is 0 Å². The van der Waals surface area contributed by atoms with Crippen molar-refractivity contribution in [3.05, 3.63) is 63.0 Å². The number of hydrogen-bond donors (Lipinski definition) is 1. The zero-order chi connectivity index (χ0) is 13.8. The molecule has 0 aliphatic heterocycles. The van der Waals surface area contributed by atoms with Gasteiger partial charge in [0.2, 0.25) is 0 Å². The van der Waals surface area contributed by atoms with Crippen molar-refractivity contribution in [1.82, 2.24) is 0 Å². The molecule has 2 nitrogen and oxygen atoms in total. The Morgan fingerprint density at radius 1 is 1.21 bits per heavy atom. The van der Waals surface area contributed by atoms with E-state index in [-0.39, 0.29) is 11.9 Å². The molecule has 0 saturated heterocycles. The van der Waals surface area contributed by atoms with Crippen molar-refractivity contribution in [3.8, 4) is 5.75 Å². The average molecular weight is 371 g/mol. The third-order valence-electron chi connectivity index (χ3n) is 2.85. The molecular weight excluding hydrogens is 356 g/mol. The fourth-order valence-corrected chi connectivity index (χ4v) is 2.76. The molecule has 4 heteroatoms. The molecule has 0 spiro atoms. The van der Waals surface area contributed by atoms with Crippen LogP contribution >= 0.6 is 22.6 Å². The lowest BCUT2D eigenvalue weighted by Crippen LogP contribution is -2.15. The average Bonchev–Trinajstić information content (AvgIpc) is 2.39. The predicted molar refractivity (Wildman–Crippen MR) is 82.8 cm³/mol. The maximum absolute atomic E-state index is 13.1. The van der Waals surface area contributed by atoms with Gasteiger partial charge in [-0.1, -0.05) is 24.3 Å². The number of para-hydroxylation sites is 1. The van der Waals surface area contributed by atoms with Crippen LogP contribution in [0.25, 0.3) is 0 Å². The summed E-state index contributed by atoms with van der Waals surface area (Å²) in [5.74, 6) is 0.524. The minimum atomic E-state index is -0.324. The number of rotatable bonds is 4. The third kappa shape index (κ3) is 3.25. The Kier molecular flexibility index (Phi) is 4.76. The maximum atomic E-state index is 13.1. The molecule has 1 atom stereocenters. The van der Waals surface area contributed by atoms with Gasteiger partial charge in [0.05, 0.1) is 12.6 Å². The van der Waals surface area contributed by atoms with Crippen molar-refractivity contribution < 1.29 is 9.13 Å². The van der Waals surface area contributed by atoms with E-state index in [4.69, 9.17) is 10.5 Å². The minimum Gasteiger partial charge on any atom is -0.494 e. The van der Waals surface area contributed by atoms with Crippen LogP contribution in [0.15, 0.2) is 42.5 Å². The SMILES string of the molecule is CCOc1ccccc1C(N)c1ccc(F)cc1I. The summed E-state index contributed by atoms with van der Waals surface area (Å²) < 4.78 is 19.5. The molecule has 0 radical (unpaired) electrons. The van der Waals surface area contributed by atoms with Gasteiger partial charge in [-0.05, 0) is 53.3 Å². The maximum Gasteiger partial charge on any atom is 0.124 e. The van der Waals surface area contributed by atoms with Crippen LogP contribution in [0.3, 0.4) is 0 Å². The molecule has 2 aromatic carbocycles. The quantitative estimate of drug-likeness (QED) is 0.829. The molecule has 0 aliphatic rings. The lowest BCUT2D eigenvalue weighted by molar-refractivity contribution is 0.335. The van der Waals surface area contributed by atoms with Crippen LogP contribution in [-0.2, 0) is 0 Å². The van der Waals surface area contributed by atoms with E-state index in [1.807, 2.05) is 31.2 Å². The Morgan fingerprint density at radius 3 is 2.63 bits per heavy atom. The first-order valence-electron chi connectivity index (χ1n) is 6.05. The van der Waals surface area contributed by atoms with Crippen LogP contribution in [0.1, 0.15) is 24.1 Å². The Hall–Kier alpha value is -1.14. The van der Waals surface area contributed by atoms with Crippen molar-refractivity contribution in [3.63, 3.8) is 0 Å². The summed E-state index contributed by atoms with van der Waals surface area (Å²) in [5.41, 5.74) is 8.10. The molecule has 1 unspecified atom stereocenters. The Morgan fingerprint density at radius 2 is 1.95 bits per heavy atom. The van der Waals surface area contributed by atoms with Gasteiger partial charge in [-0.2, -0.15) is 0 Å². The molecule has 2 aromatic rings. The third-order valence-corrected chi connectivity index (χ3v) is 3.79. The fraction of sp³-hybridized carbons (Fsp3) is 0.200. The fourth-order valence-electron chi connectivity index (χ4n) is 1.95. The van der Waals surface area contributed by atoms with Gasteiger partial charge >= 0.3 is 0 Å². The van der Waals surface area contributed by atoms with Crippen LogP contribution in [0.2, 0.25) is 0 Å². The molecule has 0 amide bonds. The van der Waals surface area contributed by atoms with Crippen molar-refractivity contribution in [2.75, 3.05) is 6.61 Å². The second-order valence-electron chi connectivity index (χ2n) is 4.11. The highest BCUT2D eigenvalue weighted by Gasteiger charge is 2.16. The second kappa shape index (κ2) is 6.34. The van der Waals surface area contributed by atoms with Gasteiger partial charge in [-0.15, -0.1) is 0 Å². The van der Waals surface area contributed by atoms with Gasteiger partial charge in [0.1, 0.15) is 11.6 Å². The smallest absolute Gasteiger partial charge is 0.124 e. The van der Waals surface area contributed by atoms with Crippen LogP contribution in [0, 0.1) is 9.39 Å². The monoisotopic (exact) mass is 371 g/mol. The molecule has 0 saturated carbocycles. The predicted octanol–water partition coefficient (Wildman–Crippen LogP) is 3.88. The summed E-state index contributed by atoms with van der Waals surface area (Å²) in [5, 5.41) is 0. The molecule has 0 aliphatic carbocycles. The van der Waals surface area contributed by atoms with Gasteiger partial charge in [0.25, 0.3) is 0 Å². The van der Waals surface area contributed by atoms with Crippen LogP contribution in [0.4, 0.5) is 4.39 Å². The van der Waals surface area contributed by atoms with E-state index in [1.165, 1.54) is 12.1 Å². The molecule has 0 fully saturated rings. The van der Waals surface area contributed by atoms with Gasteiger partial charge < -0.3 is 10.5 Å². The van der Waals surface area contributed by atoms with Crippen molar-refractivity contribution in [1.29, 1.82) is 0 Å². The largest absolute Gasteiger partial charge is 0.494 e. The van der Waals surface area contributed by atoms with Gasteiger partial charge in [-0.25, -0.2) is 4.39 Å². The summed E-state index contributed by atoms with van der Waals surface area (Å²) in [7, 11) is 0. The highest BCUT2D eigenvalue weighted by atomic mass is 127. The van der Waals surface area contributed by atoms with E-state index in [0.29, 0.717) is 6.61 Å². The second-order valence-corrected chi connectivity index (χ2v) is 5.28. The van der Waals surface area contributed by atoms with Gasteiger partial charge in [0.15, 0.2) is 0 Å². The first-order chi connectivity index (χ1) is 9.13. The number of halogens is 2. The van der Waals surface area contributed by atoms with Crippen LogP contribution in [0.5, 0.6) is 5.75 Å². The first kappa shape index (κ1) is 14.3. The molecule has 19 heavy (non-hydrogen) atoms. The Labute approximate surface area is 125 Å². The van der Waals surface area contributed by atoms with Crippen molar-refractivity contribution >= 4 is 22.6 Å². The molecule has 0 aromatic heterocycles. The number of ether oxygens (including phenoxy) is 1. The molecular formula is C15H15FINO. The van der Waals surface area contributed by atoms with E-state index in [1.54, 1.807) is 6.07 Å². The number of benzene rings is 2. The van der Waals surface area contributed by atoms with E-state index in [0.717, 1.165) is 20.4 Å². The first-order valence-corrected chi connectivity index (χ1v) is 7.13. The zero-order valence-corrected chi connectivity index (χ0v) is 12.7. The highest BCUT2D eigenvalue weighted by molar-refractivity contribution is 14.1. The summed E-state index contributed by atoms with van der Waals surface area (Å²) in [6.07, 6.45) is 0. The van der Waals surface area contributed by atoms with Crippen molar-refractivity contribution in [2.45, 2.75) is 13.0 Å². The lowest BCUT2D eigenvalue weighted by atomic mass is 9.99. The van der Waals surface area contributed by atoms with E-state index in [9.17, 15) is 4.39 Å². The summed E-state index contributed by atoms with van der Waals surface area (Å²) >= 11 is 2.10. The molecule has 100 valence electrons. The van der Waals surface area contributed by atoms with Crippen LogP contribution < -0.4 is 10.5 Å². The van der Waals surface area contributed by atoms with Gasteiger partial charge in [0, 0.05) is 9.13 Å².